The fourth-order valence-corrected chi connectivity index (χ4v) is 4.57. The summed E-state index contributed by atoms with van der Waals surface area (Å²) >= 11 is 0. The Morgan fingerprint density at radius 3 is 1.80 bits per heavy atom. The molecule has 0 aromatic heterocycles. The SMILES string of the molecule is CC(=O)Oc1cc(OC(C)=O)c2c(c1)O[C@H](c1cc(OC(C)=O)c(OC(C)=O)c(OC(C)=O)c1)[C@H](OC(=O)c1cccc(F)c1)C2. The zero-order valence-corrected chi connectivity index (χ0v) is 25.2. The lowest BCUT2D eigenvalue weighted by Crippen LogP contribution is -2.35. The maximum Gasteiger partial charge on any atom is 0.338 e. The van der Waals surface area contributed by atoms with Crippen LogP contribution in [0.4, 0.5) is 4.39 Å². The van der Waals surface area contributed by atoms with E-state index >= 15 is 0 Å². The number of fused-ring (bicyclic) bond motifs is 1. The van der Waals surface area contributed by atoms with Crippen molar-refractivity contribution < 1.29 is 66.3 Å². The van der Waals surface area contributed by atoms with Crippen molar-refractivity contribution in [2.24, 2.45) is 0 Å². The van der Waals surface area contributed by atoms with Crippen molar-refractivity contribution in [1.29, 1.82) is 0 Å². The van der Waals surface area contributed by atoms with E-state index in [-0.39, 0.29) is 57.6 Å². The summed E-state index contributed by atoms with van der Waals surface area (Å²) in [6, 6.07) is 9.87. The van der Waals surface area contributed by atoms with E-state index in [1.54, 1.807) is 0 Å². The van der Waals surface area contributed by atoms with Crippen molar-refractivity contribution in [3.8, 4) is 34.5 Å². The summed E-state index contributed by atoms with van der Waals surface area (Å²) in [6.45, 7) is 5.55. The van der Waals surface area contributed by atoms with Gasteiger partial charge >= 0.3 is 35.8 Å². The van der Waals surface area contributed by atoms with Crippen LogP contribution in [0.1, 0.15) is 62.2 Å². The Morgan fingerprint density at radius 2 is 1.26 bits per heavy atom. The summed E-state index contributed by atoms with van der Waals surface area (Å²) in [4.78, 5) is 72.7. The quantitative estimate of drug-likeness (QED) is 0.253. The minimum absolute atomic E-state index is 0.0390. The van der Waals surface area contributed by atoms with Gasteiger partial charge in [0.1, 0.15) is 29.2 Å². The summed E-state index contributed by atoms with van der Waals surface area (Å²) in [5, 5.41) is 0. The van der Waals surface area contributed by atoms with Gasteiger partial charge in [-0.1, -0.05) is 6.07 Å². The lowest BCUT2D eigenvalue weighted by molar-refractivity contribution is -0.135. The first-order valence-electron chi connectivity index (χ1n) is 13.6. The Bertz CT molecular complexity index is 1710. The summed E-state index contributed by atoms with van der Waals surface area (Å²) in [5.41, 5.74) is 0.218. The highest BCUT2D eigenvalue weighted by Gasteiger charge is 2.38. The molecule has 1 heterocycles. The van der Waals surface area contributed by atoms with Crippen molar-refractivity contribution in [2.75, 3.05) is 0 Å². The number of carbonyl (C=O) groups excluding carboxylic acids is 6. The molecule has 0 saturated heterocycles. The zero-order chi connectivity index (χ0) is 33.7. The number of hydrogen-bond acceptors (Lipinski definition) is 13. The van der Waals surface area contributed by atoms with Gasteiger partial charge in [-0.2, -0.15) is 0 Å². The van der Waals surface area contributed by atoms with Gasteiger partial charge < -0.3 is 33.2 Å². The average Bonchev–Trinajstić information content (AvgIpc) is 2.93. The number of benzene rings is 3. The molecule has 1 aliphatic rings. The van der Waals surface area contributed by atoms with Crippen LogP contribution in [0, 0.1) is 5.82 Å². The molecule has 46 heavy (non-hydrogen) atoms. The van der Waals surface area contributed by atoms with Gasteiger partial charge in [-0.3, -0.25) is 24.0 Å². The molecule has 0 unspecified atom stereocenters. The first kappa shape index (κ1) is 33.1. The molecule has 3 aromatic carbocycles. The van der Waals surface area contributed by atoms with E-state index in [9.17, 15) is 33.2 Å². The van der Waals surface area contributed by atoms with Crippen molar-refractivity contribution in [1.82, 2.24) is 0 Å². The molecular weight excluding hydrogens is 611 g/mol. The van der Waals surface area contributed by atoms with Crippen molar-refractivity contribution in [2.45, 2.75) is 53.2 Å². The second-order valence-electron chi connectivity index (χ2n) is 9.91. The van der Waals surface area contributed by atoms with Gasteiger partial charge in [0.05, 0.1) is 5.56 Å². The molecule has 0 saturated carbocycles. The van der Waals surface area contributed by atoms with Crippen LogP contribution in [-0.2, 0) is 35.1 Å². The molecule has 1 aliphatic heterocycles. The maximum absolute atomic E-state index is 13.9. The van der Waals surface area contributed by atoms with E-state index in [1.165, 1.54) is 36.4 Å². The normalized spacial score (nSPS) is 14.9. The van der Waals surface area contributed by atoms with Crippen LogP contribution in [0.5, 0.6) is 34.5 Å². The van der Waals surface area contributed by atoms with E-state index in [4.69, 9.17) is 33.2 Å². The molecule has 0 fully saturated rings. The van der Waals surface area contributed by atoms with Gasteiger partial charge in [0.15, 0.2) is 17.6 Å². The highest BCUT2D eigenvalue weighted by atomic mass is 19.1. The van der Waals surface area contributed by atoms with Crippen molar-refractivity contribution >= 4 is 35.8 Å². The van der Waals surface area contributed by atoms with Crippen LogP contribution in [0.25, 0.3) is 0 Å². The Balaban J connectivity index is 1.91. The minimum Gasteiger partial charge on any atom is -0.481 e. The second kappa shape index (κ2) is 13.9. The lowest BCUT2D eigenvalue weighted by Gasteiger charge is -2.34. The van der Waals surface area contributed by atoms with Gasteiger partial charge in [-0.25, -0.2) is 9.18 Å². The van der Waals surface area contributed by atoms with E-state index in [1.807, 2.05) is 0 Å². The van der Waals surface area contributed by atoms with Gasteiger partial charge in [0, 0.05) is 64.3 Å². The van der Waals surface area contributed by atoms with Crippen LogP contribution >= 0.6 is 0 Å². The molecule has 4 rings (SSSR count). The number of halogens is 1. The molecular formula is C32H27FO13. The molecule has 2 atom stereocenters. The minimum atomic E-state index is -1.28. The first-order chi connectivity index (χ1) is 21.7. The van der Waals surface area contributed by atoms with Gasteiger partial charge in [0.25, 0.3) is 0 Å². The maximum atomic E-state index is 13.9. The third kappa shape index (κ3) is 8.22. The summed E-state index contributed by atoms with van der Waals surface area (Å²) in [6.07, 6.45) is -2.69. The number of esters is 6. The second-order valence-corrected chi connectivity index (χ2v) is 9.91. The van der Waals surface area contributed by atoms with E-state index in [0.29, 0.717) is 0 Å². The monoisotopic (exact) mass is 638 g/mol. The fraction of sp³-hybridized carbons (Fsp3) is 0.250. The number of ether oxygens (including phenoxy) is 7. The standard InChI is InChI=1S/C32H27FO13/c1-15(34)40-23-12-25(41-16(2)35)24-14-29(46-32(39)20-7-6-8-22(33)9-20)30(45-26(24)13-23)21-10-27(42-17(3)36)31(44-19(5)38)28(11-21)43-18(4)37/h6-13,29-30H,14H2,1-5H3/t29-,30-/m1/s1. The zero-order valence-electron chi connectivity index (χ0n) is 25.2. The Kier molecular flexibility index (Phi) is 9.99. The van der Waals surface area contributed by atoms with Crippen molar-refractivity contribution in [3.05, 3.63) is 71.0 Å². The molecule has 240 valence electrons. The van der Waals surface area contributed by atoms with E-state index < -0.39 is 53.8 Å². The number of rotatable bonds is 8. The lowest BCUT2D eigenvalue weighted by atomic mass is 9.93. The number of hydrogen-bond donors (Lipinski definition) is 0. The largest absolute Gasteiger partial charge is 0.481 e. The molecule has 0 bridgehead atoms. The smallest absolute Gasteiger partial charge is 0.338 e. The summed E-state index contributed by atoms with van der Waals surface area (Å²) in [7, 11) is 0. The van der Waals surface area contributed by atoms with Gasteiger partial charge in [-0.15, -0.1) is 0 Å². The highest BCUT2D eigenvalue weighted by Crippen LogP contribution is 2.47. The van der Waals surface area contributed by atoms with Gasteiger partial charge in [-0.05, 0) is 30.3 Å². The Hall–Kier alpha value is -5.79. The molecule has 0 spiro atoms. The predicted molar refractivity (Wildman–Crippen MR) is 152 cm³/mol. The molecule has 0 aliphatic carbocycles. The van der Waals surface area contributed by atoms with Crippen LogP contribution in [0.3, 0.4) is 0 Å². The van der Waals surface area contributed by atoms with Crippen LogP contribution < -0.4 is 28.4 Å². The third-order valence-electron chi connectivity index (χ3n) is 6.10. The molecule has 13 nitrogen and oxygen atoms in total. The molecule has 3 aromatic rings. The van der Waals surface area contributed by atoms with Crippen molar-refractivity contribution in [3.63, 3.8) is 0 Å². The van der Waals surface area contributed by atoms with E-state index in [0.717, 1.165) is 46.8 Å². The molecule has 0 amide bonds. The van der Waals surface area contributed by atoms with Crippen LogP contribution in [0.15, 0.2) is 48.5 Å². The van der Waals surface area contributed by atoms with Gasteiger partial charge in [0.2, 0.25) is 5.75 Å². The fourth-order valence-electron chi connectivity index (χ4n) is 4.57. The summed E-state index contributed by atoms with van der Waals surface area (Å²) < 4.78 is 52.2. The van der Waals surface area contributed by atoms with E-state index in [2.05, 4.69) is 0 Å². The Labute approximate surface area is 261 Å². The first-order valence-corrected chi connectivity index (χ1v) is 13.6. The van der Waals surface area contributed by atoms with Crippen LogP contribution in [-0.4, -0.2) is 41.9 Å². The van der Waals surface area contributed by atoms with Crippen LogP contribution in [0.2, 0.25) is 0 Å². The molecule has 14 heteroatoms. The topological polar surface area (TPSA) is 167 Å². The summed E-state index contributed by atoms with van der Waals surface area (Å²) in [5.74, 6) is -6.60. The highest BCUT2D eigenvalue weighted by molar-refractivity contribution is 5.89. The number of carbonyl (C=O) groups is 6. The third-order valence-corrected chi connectivity index (χ3v) is 6.10. The molecule has 0 radical (unpaired) electrons. The average molecular weight is 639 g/mol. The Morgan fingerprint density at radius 1 is 0.696 bits per heavy atom. The predicted octanol–water partition coefficient (Wildman–Crippen LogP) is 4.35. The molecule has 0 N–H and O–H groups in total.